The zero-order valence-corrected chi connectivity index (χ0v) is 17.4. The Balaban J connectivity index is 1.38. The van der Waals surface area contributed by atoms with Crippen LogP contribution in [-0.4, -0.2) is 30.7 Å². The van der Waals surface area contributed by atoms with E-state index in [0.717, 1.165) is 17.7 Å². The van der Waals surface area contributed by atoms with Crippen molar-refractivity contribution in [3.05, 3.63) is 96.2 Å². The second kappa shape index (κ2) is 8.39. The van der Waals surface area contributed by atoms with Gasteiger partial charge in [-0.15, -0.1) is 10.2 Å². The maximum Gasteiger partial charge on any atom is 0.416 e. The minimum absolute atomic E-state index is 0.0827. The fourth-order valence-electron chi connectivity index (χ4n) is 3.36. The lowest BCUT2D eigenvalue weighted by atomic mass is 10.1. The number of alkyl halides is 3. The highest BCUT2D eigenvalue weighted by Crippen LogP contribution is 2.30. The first kappa shape index (κ1) is 21.3. The summed E-state index contributed by atoms with van der Waals surface area (Å²) >= 11 is 0. The number of carbonyl (C=O) groups is 1. The lowest BCUT2D eigenvalue weighted by Gasteiger charge is -2.10. The molecule has 7 nitrogen and oxygen atoms in total. The van der Waals surface area contributed by atoms with Gasteiger partial charge in [0, 0.05) is 23.0 Å². The standard InChI is InChI=1S/C24H15F3N6O/c25-24(26,27)17-5-3-4-16(14-17)23(34)29-18-9-7-15(8-10-18)19-11-12-21-30-31-22(33(21)32-19)20-6-1-2-13-28-20/h1-14H,(H,29,34). The molecule has 0 saturated carbocycles. The highest BCUT2D eigenvalue weighted by atomic mass is 19.4. The fraction of sp³-hybridized carbons (Fsp3) is 0.0417. The SMILES string of the molecule is O=C(Nc1ccc(-c2ccc3nnc(-c4ccccn4)n3n2)cc1)c1cccc(C(F)(F)F)c1. The van der Waals surface area contributed by atoms with E-state index in [4.69, 9.17) is 0 Å². The van der Waals surface area contributed by atoms with Crippen molar-refractivity contribution in [1.82, 2.24) is 24.8 Å². The molecule has 0 spiro atoms. The Bertz CT molecular complexity index is 1480. The molecule has 0 bridgehead atoms. The summed E-state index contributed by atoms with van der Waals surface area (Å²) in [5.74, 6) is -0.134. The first-order valence-electron chi connectivity index (χ1n) is 10.1. The molecule has 0 unspecified atom stereocenters. The van der Waals surface area contributed by atoms with E-state index in [9.17, 15) is 18.0 Å². The lowest BCUT2D eigenvalue weighted by Crippen LogP contribution is -2.13. The number of hydrogen-bond donors (Lipinski definition) is 1. The van der Waals surface area contributed by atoms with E-state index in [1.165, 1.54) is 12.1 Å². The molecule has 2 aromatic carbocycles. The van der Waals surface area contributed by atoms with Gasteiger partial charge in [-0.25, -0.2) is 0 Å². The number of aromatic nitrogens is 5. The number of pyridine rings is 1. The van der Waals surface area contributed by atoms with Crippen molar-refractivity contribution in [1.29, 1.82) is 0 Å². The molecule has 168 valence electrons. The Hall–Kier alpha value is -4.60. The van der Waals surface area contributed by atoms with Crippen LogP contribution < -0.4 is 5.32 Å². The van der Waals surface area contributed by atoms with E-state index in [2.05, 4.69) is 25.6 Å². The van der Waals surface area contributed by atoms with Gasteiger partial charge in [-0.3, -0.25) is 9.78 Å². The van der Waals surface area contributed by atoms with Crippen LogP contribution in [0, 0.1) is 0 Å². The van der Waals surface area contributed by atoms with Gasteiger partial charge < -0.3 is 5.32 Å². The first-order valence-corrected chi connectivity index (χ1v) is 10.1. The average molecular weight is 460 g/mol. The van der Waals surface area contributed by atoms with E-state index in [0.29, 0.717) is 28.5 Å². The minimum atomic E-state index is -4.52. The van der Waals surface area contributed by atoms with Gasteiger partial charge in [-0.1, -0.05) is 24.3 Å². The van der Waals surface area contributed by atoms with Gasteiger partial charge in [-0.05, 0) is 54.6 Å². The molecular weight excluding hydrogens is 445 g/mol. The highest BCUT2D eigenvalue weighted by molar-refractivity contribution is 6.04. The number of fused-ring (bicyclic) bond motifs is 1. The van der Waals surface area contributed by atoms with Gasteiger partial charge in [0.15, 0.2) is 5.65 Å². The second-order valence-electron chi connectivity index (χ2n) is 7.34. The third-order valence-electron chi connectivity index (χ3n) is 5.05. The Morgan fingerprint density at radius 2 is 1.68 bits per heavy atom. The van der Waals surface area contributed by atoms with Crippen molar-refractivity contribution in [3.63, 3.8) is 0 Å². The molecule has 1 N–H and O–H groups in total. The average Bonchev–Trinajstić information content (AvgIpc) is 3.28. The summed E-state index contributed by atoms with van der Waals surface area (Å²) in [5.41, 5.74) is 2.07. The van der Waals surface area contributed by atoms with Crippen LogP contribution in [0.4, 0.5) is 18.9 Å². The second-order valence-corrected chi connectivity index (χ2v) is 7.34. The van der Waals surface area contributed by atoms with E-state index >= 15 is 0 Å². The van der Waals surface area contributed by atoms with Crippen LogP contribution in [0.5, 0.6) is 0 Å². The third kappa shape index (κ3) is 4.20. The van der Waals surface area contributed by atoms with Crippen LogP contribution in [-0.2, 0) is 6.18 Å². The summed E-state index contributed by atoms with van der Waals surface area (Å²) in [6.07, 6.45) is -2.86. The molecule has 0 atom stereocenters. The largest absolute Gasteiger partial charge is 0.416 e. The van der Waals surface area contributed by atoms with Gasteiger partial charge in [0.25, 0.3) is 5.91 Å². The van der Waals surface area contributed by atoms with E-state index in [1.54, 1.807) is 53.2 Å². The molecule has 5 aromatic rings. The Morgan fingerprint density at radius 1 is 0.853 bits per heavy atom. The third-order valence-corrected chi connectivity index (χ3v) is 5.05. The van der Waals surface area contributed by atoms with Crippen LogP contribution >= 0.6 is 0 Å². The quantitative estimate of drug-likeness (QED) is 0.402. The van der Waals surface area contributed by atoms with Crippen molar-refractivity contribution in [2.75, 3.05) is 5.32 Å². The predicted molar refractivity (Wildman–Crippen MR) is 119 cm³/mol. The van der Waals surface area contributed by atoms with E-state index in [-0.39, 0.29) is 5.56 Å². The zero-order valence-electron chi connectivity index (χ0n) is 17.4. The van der Waals surface area contributed by atoms with Crippen molar-refractivity contribution >= 4 is 17.2 Å². The molecule has 0 radical (unpaired) electrons. The number of benzene rings is 2. The summed E-state index contributed by atoms with van der Waals surface area (Å²) in [6.45, 7) is 0. The number of halogens is 3. The highest BCUT2D eigenvalue weighted by Gasteiger charge is 2.30. The van der Waals surface area contributed by atoms with Crippen molar-refractivity contribution < 1.29 is 18.0 Å². The normalized spacial score (nSPS) is 11.5. The zero-order chi connectivity index (χ0) is 23.7. The number of nitrogens with one attached hydrogen (secondary N) is 1. The molecule has 0 aliphatic heterocycles. The molecule has 10 heteroatoms. The number of hydrogen-bond acceptors (Lipinski definition) is 5. The number of carbonyl (C=O) groups excluding carboxylic acids is 1. The molecule has 5 rings (SSSR count). The monoisotopic (exact) mass is 460 g/mol. The Labute approximate surface area is 190 Å². The number of anilines is 1. The lowest BCUT2D eigenvalue weighted by molar-refractivity contribution is -0.137. The number of rotatable bonds is 4. The Morgan fingerprint density at radius 3 is 2.41 bits per heavy atom. The van der Waals surface area contributed by atoms with Gasteiger partial charge in [-0.2, -0.15) is 22.8 Å². The molecule has 1 amide bonds. The van der Waals surface area contributed by atoms with Crippen molar-refractivity contribution in [3.8, 4) is 22.8 Å². The number of amides is 1. The molecule has 3 aromatic heterocycles. The van der Waals surface area contributed by atoms with Crippen LogP contribution in [0.2, 0.25) is 0 Å². The molecule has 0 saturated heterocycles. The summed E-state index contributed by atoms with van der Waals surface area (Å²) in [5, 5.41) is 15.5. The van der Waals surface area contributed by atoms with Gasteiger partial charge in [0.05, 0.1) is 11.3 Å². The molecule has 34 heavy (non-hydrogen) atoms. The van der Waals surface area contributed by atoms with Gasteiger partial charge in [0.2, 0.25) is 5.82 Å². The molecule has 3 heterocycles. The van der Waals surface area contributed by atoms with E-state index < -0.39 is 17.6 Å². The number of nitrogens with zero attached hydrogens (tertiary/aromatic N) is 5. The Kier molecular flexibility index (Phi) is 5.25. The van der Waals surface area contributed by atoms with Crippen molar-refractivity contribution in [2.24, 2.45) is 0 Å². The smallest absolute Gasteiger partial charge is 0.322 e. The molecular formula is C24H15F3N6O. The van der Waals surface area contributed by atoms with Gasteiger partial charge >= 0.3 is 6.18 Å². The van der Waals surface area contributed by atoms with Crippen LogP contribution in [0.25, 0.3) is 28.4 Å². The maximum absolute atomic E-state index is 12.9. The topological polar surface area (TPSA) is 85.1 Å². The van der Waals surface area contributed by atoms with Crippen LogP contribution in [0.1, 0.15) is 15.9 Å². The maximum atomic E-state index is 12.9. The van der Waals surface area contributed by atoms with Gasteiger partial charge in [0.1, 0.15) is 5.69 Å². The predicted octanol–water partition coefficient (Wildman–Crippen LogP) is 5.12. The fourth-order valence-corrected chi connectivity index (χ4v) is 3.36. The van der Waals surface area contributed by atoms with Crippen LogP contribution in [0.3, 0.4) is 0 Å². The molecule has 0 aliphatic carbocycles. The van der Waals surface area contributed by atoms with Crippen LogP contribution in [0.15, 0.2) is 85.1 Å². The minimum Gasteiger partial charge on any atom is -0.322 e. The summed E-state index contributed by atoms with van der Waals surface area (Å²) in [4.78, 5) is 16.7. The van der Waals surface area contributed by atoms with Crippen molar-refractivity contribution in [2.45, 2.75) is 6.18 Å². The summed E-state index contributed by atoms with van der Waals surface area (Å²) in [6, 6.07) is 20.1. The summed E-state index contributed by atoms with van der Waals surface area (Å²) < 4.78 is 40.3. The van der Waals surface area contributed by atoms with E-state index in [1.807, 2.05) is 12.1 Å². The molecule has 0 fully saturated rings. The first-order chi connectivity index (χ1) is 16.4. The summed E-state index contributed by atoms with van der Waals surface area (Å²) in [7, 11) is 0. The molecule has 0 aliphatic rings.